The lowest BCUT2D eigenvalue weighted by Gasteiger charge is -2.18. The highest BCUT2D eigenvalue weighted by Crippen LogP contribution is 2.25. The highest BCUT2D eigenvalue weighted by Gasteiger charge is 2.21. The summed E-state index contributed by atoms with van der Waals surface area (Å²) in [5, 5.41) is 6.05. The van der Waals surface area contributed by atoms with E-state index in [9.17, 15) is 0 Å². The molecule has 1 aliphatic rings. The van der Waals surface area contributed by atoms with E-state index in [-0.39, 0.29) is 0 Å². The molecule has 1 aliphatic heterocycles. The molecule has 1 heterocycles. The van der Waals surface area contributed by atoms with E-state index in [4.69, 9.17) is 0 Å². The Kier molecular flexibility index (Phi) is 2.39. The van der Waals surface area contributed by atoms with Gasteiger partial charge in [0.15, 0.2) is 0 Å². The summed E-state index contributed by atoms with van der Waals surface area (Å²) in [4.78, 5) is 2.35. The third-order valence-corrected chi connectivity index (χ3v) is 3.39. The van der Waals surface area contributed by atoms with Crippen LogP contribution in [-0.4, -0.2) is 25.2 Å². The molecule has 1 fully saturated rings. The smallest absolute Gasteiger partial charge is 0.0484 e. The summed E-state index contributed by atoms with van der Waals surface area (Å²) in [5.74, 6) is 0. The molecule has 3 rings (SSSR count). The van der Waals surface area contributed by atoms with Crippen molar-refractivity contribution in [2.45, 2.75) is 6.04 Å². The second kappa shape index (κ2) is 3.89. The Bertz CT molecular complexity index is 507. The molecule has 82 valence electrons. The van der Waals surface area contributed by atoms with Gasteiger partial charge in [-0.05, 0) is 29.4 Å². The van der Waals surface area contributed by atoms with Gasteiger partial charge >= 0.3 is 0 Å². The summed E-state index contributed by atoms with van der Waals surface area (Å²) >= 11 is 0. The number of hydrogen-bond donors (Lipinski definition) is 1. The van der Waals surface area contributed by atoms with Crippen molar-refractivity contribution >= 4 is 10.8 Å². The van der Waals surface area contributed by atoms with Crippen LogP contribution in [0.5, 0.6) is 0 Å². The van der Waals surface area contributed by atoms with Crippen LogP contribution in [0.4, 0.5) is 0 Å². The zero-order valence-electron chi connectivity index (χ0n) is 9.48. The lowest BCUT2D eigenvalue weighted by atomic mass is 10.0. The summed E-state index contributed by atoms with van der Waals surface area (Å²) in [6.07, 6.45) is 0. The van der Waals surface area contributed by atoms with Crippen LogP contribution in [-0.2, 0) is 0 Å². The van der Waals surface area contributed by atoms with Gasteiger partial charge in [0.25, 0.3) is 0 Å². The van der Waals surface area contributed by atoms with Gasteiger partial charge in [-0.2, -0.15) is 0 Å². The number of hydrogen-bond acceptors (Lipinski definition) is 2. The summed E-state index contributed by atoms with van der Waals surface area (Å²) < 4.78 is 0. The van der Waals surface area contributed by atoms with Gasteiger partial charge in [0.05, 0.1) is 0 Å². The van der Waals surface area contributed by atoms with Crippen LogP contribution >= 0.6 is 0 Å². The quantitative estimate of drug-likeness (QED) is 0.780. The molecule has 0 saturated carbocycles. The van der Waals surface area contributed by atoms with Crippen molar-refractivity contribution in [2.75, 3.05) is 20.3 Å². The summed E-state index contributed by atoms with van der Waals surface area (Å²) in [6.45, 7) is 2.03. The molecule has 1 N–H and O–H groups in total. The van der Waals surface area contributed by atoms with E-state index in [1.165, 1.54) is 16.3 Å². The highest BCUT2D eigenvalue weighted by molar-refractivity contribution is 5.83. The van der Waals surface area contributed by atoms with Crippen molar-refractivity contribution in [1.29, 1.82) is 0 Å². The second-order valence-electron chi connectivity index (χ2n) is 4.49. The third-order valence-electron chi connectivity index (χ3n) is 3.39. The minimum absolute atomic E-state index is 0.518. The van der Waals surface area contributed by atoms with Gasteiger partial charge in [-0.1, -0.05) is 36.4 Å². The van der Waals surface area contributed by atoms with Gasteiger partial charge in [0.1, 0.15) is 0 Å². The molecule has 16 heavy (non-hydrogen) atoms. The van der Waals surface area contributed by atoms with Crippen molar-refractivity contribution in [3.8, 4) is 0 Å². The molecule has 1 unspecified atom stereocenters. The maximum atomic E-state index is 3.39. The summed E-state index contributed by atoms with van der Waals surface area (Å²) in [5.41, 5.74) is 1.41. The lowest BCUT2D eigenvalue weighted by molar-refractivity contribution is 0.322. The molecule has 0 aliphatic carbocycles. The molecule has 1 atom stereocenters. The van der Waals surface area contributed by atoms with E-state index in [0.29, 0.717) is 6.04 Å². The Balaban J connectivity index is 2.04. The fourth-order valence-electron chi connectivity index (χ4n) is 2.43. The lowest BCUT2D eigenvalue weighted by Crippen LogP contribution is -2.19. The number of benzene rings is 2. The van der Waals surface area contributed by atoms with Crippen molar-refractivity contribution in [3.63, 3.8) is 0 Å². The largest absolute Gasteiger partial charge is 0.302 e. The Labute approximate surface area is 95.9 Å². The monoisotopic (exact) mass is 212 g/mol. The molecule has 0 bridgehead atoms. The molecule has 0 radical (unpaired) electrons. The number of nitrogens with one attached hydrogen (secondary N) is 1. The first-order valence-electron chi connectivity index (χ1n) is 5.74. The Morgan fingerprint density at radius 3 is 2.69 bits per heavy atom. The van der Waals surface area contributed by atoms with Gasteiger partial charge in [-0.3, -0.25) is 4.90 Å². The first kappa shape index (κ1) is 9.82. The predicted molar refractivity (Wildman–Crippen MR) is 67.3 cm³/mol. The molecule has 2 nitrogen and oxygen atoms in total. The van der Waals surface area contributed by atoms with Gasteiger partial charge in [-0.15, -0.1) is 0 Å². The standard InChI is InChI=1S/C14H16N2/c1-16-10-15-9-14(16)13-7-6-11-4-2-3-5-12(11)8-13/h2-8,14-15H,9-10H2,1H3. The topological polar surface area (TPSA) is 15.3 Å². The van der Waals surface area contributed by atoms with E-state index in [1.54, 1.807) is 0 Å². The second-order valence-corrected chi connectivity index (χ2v) is 4.49. The van der Waals surface area contributed by atoms with Crippen LogP contribution in [0, 0.1) is 0 Å². The Morgan fingerprint density at radius 2 is 1.94 bits per heavy atom. The fraction of sp³-hybridized carbons (Fsp3) is 0.286. The average molecular weight is 212 g/mol. The van der Waals surface area contributed by atoms with Crippen LogP contribution in [0.15, 0.2) is 42.5 Å². The van der Waals surface area contributed by atoms with Crippen LogP contribution < -0.4 is 5.32 Å². The molecular formula is C14H16N2. The predicted octanol–water partition coefficient (Wildman–Crippen LogP) is 2.37. The number of fused-ring (bicyclic) bond motifs is 1. The fourth-order valence-corrected chi connectivity index (χ4v) is 2.43. The van der Waals surface area contributed by atoms with Crippen LogP contribution in [0.1, 0.15) is 11.6 Å². The maximum Gasteiger partial charge on any atom is 0.0484 e. The first-order valence-corrected chi connectivity index (χ1v) is 5.74. The highest BCUT2D eigenvalue weighted by atomic mass is 15.3. The van der Waals surface area contributed by atoms with Gasteiger partial charge in [-0.25, -0.2) is 0 Å². The van der Waals surface area contributed by atoms with E-state index in [1.807, 2.05) is 0 Å². The Morgan fingerprint density at radius 1 is 1.12 bits per heavy atom. The maximum absolute atomic E-state index is 3.39. The van der Waals surface area contributed by atoms with Crippen LogP contribution in [0.2, 0.25) is 0 Å². The SMILES string of the molecule is CN1CNCC1c1ccc2ccccc2c1. The average Bonchev–Trinajstić information content (AvgIpc) is 2.75. The zero-order valence-corrected chi connectivity index (χ0v) is 9.48. The first-order chi connectivity index (χ1) is 7.84. The van der Waals surface area contributed by atoms with Crippen molar-refractivity contribution in [2.24, 2.45) is 0 Å². The Hall–Kier alpha value is -1.38. The number of likely N-dealkylation sites (N-methyl/N-ethyl adjacent to an activating group) is 1. The molecule has 1 saturated heterocycles. The molecule has 2 heteroatoms. The number of nitrogens with zero attached hydrogens (tertiary/aromatic N) is 1. The van der Waals surface area contributed by atoms with E-state index in [0.717, 1.165) is 13.2 Å². The van der Waals surface area contributed by atoms with Gasteiger partial charge in [0.2, 0.25) is 0 Å². The van der Waals surface area contributed by atoms with Gasteiger partial charge in [0, 0.05) is 19.3 Å². The summed E-state index contributed by atoms with van der Waals surface area (Å²) in [7, 11) is 2.17. The minimum atomic E-state index is 0.518. The number of rotatable bonds is 1. The van der Waals surface area contributed by atoms with Gasteiger partial charge < -0.3 is 5.32 Å². The minimum Gasteiger partial charge on any atom is -0.302 e. The van der Waals surface area contributed by atoms with Crippen molar-refractivity contribution in [3.05, 3.63) is 48.0 Å². The van der Waals surface area contributed by atoms with E-state index < -0.39 is 0 Å². The molecule has 0 amide bonds. The molecular weight excluding hydrogens is 196 g/mol. The van der Waals surface area contributed by atoms with Crippen molar-refractivity contribution < 1.29 is 0 Å². The molecule has 2 aromatic rings. The molecule has 0 spiro atoms. The van der Waals surface area contributed by atoms with E-state index in [2.05, 4.69) is 59.7 Å². The summed E-state index contributed by atoms with van der Waals surface area (Å²) in [6, 6.07) is 15.8. The van der Waals surface area contributed by atoms with Crippen LogP contribution in [0.25, 0.3) is 10.8 Å². The van der Waals surface area contributed by atoms with Crippen molar-refractivity contribution in [1.82, 2.24) is 10.2 Å². The van der Waals surface area contributed by atoms with Crippen LogP contribution in [0.3, 0.4) is 0 Å². The normalized spacial score (nSPS) is 21.7. The third kappa shape index (κ3) is 1.60. The zero-order chi connectivity index (χ0) is 11.0. The van der Waals surface area contributed by atoms with E-state index >= 15 is 0 Å². The molecule has 0 aromatic heterocycles. The molecule has 2 aromatic carbocycles.